The van der Waals surface area contributed by atoms with Crippen LogP contribution in [0.2, 0.25) is 0 Å². The maximum Gasteiger partial charge on any atom is 0.306 e. The molecule has 2 atom stereocenters. The fraction of sp³-hybridized carbons (Fsp3) is 0.300. The molecule has 0 spiro atoms. The number of hydrogen-bond donors (Lipinski definition) is 3. The first-order valence-electron chi connectivity index (χ1n) is 8.88. The summed E-state index contributed by atoms with van der Waals surface area (Å²) >= 11 is 0. The van der Waals surface area contributed by atoms with Gasteiger partial charge < -0.3 is 15.7 Å². The van der Waals surface area contributed by atoms with E-state index in [1.807, 2.05) is 0 Å². The molecule has 2 unspecified atom stereocenters. The summed E-state index contributed by atoms with van der Waals surface area (Å²) in [5, 5.41) is 14.8. The molecular weight excluding hydrogens is 346 g/mol. The van der Waals surface area contributed by atoms with E-state index in [9.17, 15) is 14.4 Å². The maximum absolute atomic E-state index is 12.5. The Morgan fingerprint density at radius 2 is 1.63 bits per heavy atom. The summed E-state index contributed by atoms with van der Waals surface area (Å²) < 4.78 is 0. The van der Waals surface area contributed by atoms with E-state index in [1.165, 1.54) is 0 Å². The Hall–Kier alpha value is -3.22. The smallest absolute Gasteiger partial charge is 0.306 e. The van der Waals surface area contributed by atoms with Crippen molar-refractivity contribution < 1.29 is 19.5 Å². The fourth-order valence-electron chi connectivity index (χ4n) is 3.28. The third kappa shape index (κ3) is 4.91. The van der Waals surface area contributed by atoms with Crippen LogP contribution >= 0.6 is 0 Å². The molecule has 3 N–H and O–H groups in total. The van der Waals surface area contributed by atoms with Crippen LogP contribution in [-0.2, 0) is 9.59 Å². The normalized spacial score (nSPS) is 19.1. The second-order valence-electron chi connectivity index (χ2n) is 6.66. The SMILES string of the molecule is O=C(Nc1cccc(NC(=O)C2CCCC(C(=O)O)C2)c1)c1ccncc1. The van der Waals surface area contributed by atoms with Crippen LogP contribution in [0.25, 0.3) is 0 Å². The average Bonchev–Trinajstić information content (AvgIpc) is 2.69. The van der Waals surface area contributed by atoms with E-state index < -0.39 is 11.9 Å². The highest BCUT2D eigenvalue weighted by molar-refractivity contribution is 6.04. The summed E-state index contributed by atoms with van der Waals surface area (Å²) in [5.74, 6) is -2.06. The quantitative estimate of drug-likeness (QED) is 0.752. The largest absolute Gasteiger partial charge is 0.481 e. The van der Waals surface area contributed by atoms with Gasteiger partial charge in [0.25, 0.3) is 5.91 Å². The predicted molar refractivity (Wildman–Crippen MR) is 100 cm³/mol. The number of carbonyl (C=O) groups is 3. The predicted octanol–water partition coefficient (Wildman–Crippen LogP) is 3.16. The molecule has 1 aliphatic carbocycles. The molecule has 1 saturated carbocycles. The molecule has 0 bridgehead atoms. The highest BCUT2D eigenvalue weighted by atomic mass is 16.4. The van der Waals surface area contributed by atoms with Crippen molar-refractivity contribution in [2.45, 2.75) is 25.7 Å². The fourth-order valence-corrected chi connectivity index (χ4v) is 3.28. The number of aliphatic carboxylic acids is 1. The first-order chi connectivity index (χ1) is 13.0. The molecule has 1 fully saturated rings. The van der Waals surface area contributed by atoms with Gasteiger partial charge in [-0.25, -0.2) is 0 Å². The van der Waals surface area contributed by atoms with Crippen LogP contribution < -0.4 is 10.6 Å². The third-order valence-corrected chi connectivity index (χ3v) is 4.72. The first-order valence-corrected chi connectivity index (χ1v) is 8.88. The van der Waals surface area contributed by atoms with Crippen molar-refractivity contribution in [2.75, 3.05) is 10.6 Å². The second kappa shape index (κ2) is 8.44. The van der Waals surface area contributed by atoms with Gasteiger partial charge in [-0.1, -0.05) is 12.5 Å². The standard InChI is InChI=1S/C20H21N3O4/c24-18(13-7-9-21-10-8-13)22-16-5-2-6-17(12-16)23-19(25)14-3-1-4-15(11-14)20(26)27/h2,5-10,12,14-15H,1,3-4,11H2,(H,22,24)(H,23,25)(H,26,27). The highest BCUT2D eigenvalue weighted by Gasteiger charge is 2.31. The molecule has 2 amide bonds. The highest BCUT2D eigenvalue weighted by Crippen LogP contribution is 2.30. The van der Waals surface area contributed by atoms with Gasteiger partial charge in [0.15, 0.2) is 0 Å². The Labute approximate surface area is 156 Å². The van der Waals surface area contributed by atoms with E-state index in [2.05, 4.69) is 15.6 Å². The van der Waals surface area contributed by atoms with Crippen LogP contribution in [0.5, 0.6) is 0 Å². The number of nitrogens with one attached hydrogen (secondary N) is 2. The summed E-state index contributed by atoms with van der Waals surface area (Å²) in [6, 6.07) is 10.1. The van der Waals surface area contributed by atoms with Gasteiger partial charge in [0.1, 0.15) is 0 Å². The molecule has 2 aromatic rings. The van der Waals surface area contributed by atoms with Gasteiger partial charge in [0.2, 0.25) is 5.91 Å². The van der Waals surface area contributed by atoms with Gasteiger partial charge in [-0.2, -0.15) is 0 Å². The number of carboxylic acids is 1. The topological polar surface area (TPSA) is 108 Å². The number of carbonyl (C=O) groups excluding carboxylic acids is 2. The van der Waals surface area contributed by atoms with Crippen molar-refractivity contribution >= 4 is 29.2 Å². The van der Waals surface area contributed by atoms with Crippen LogP contribution in [0, 0.1) is 11.8 Å². The molecule has 140 valence electrons. The summed E-state index contributed by atoms with van der Waals surface area (Å²) in [4.78, 5) is 39.8. The molecule has 7 nitrogen and oxygen atoms in total. The van der Waals surface area contributed by atoms with Crippen molar-refractivity contribution in [1.82, 2.24) is 4.98 Å². The second-order valence-corrected chi connectivity index (χ2v) is 6.66. The van der Waals surface area contributed by atoms with E-state index in [1.54, 1.807) is 48.8 Å². The van der Waals surface area contributed by atoms with Crippen molar-refractivity contribution in [3.63, 3.8) is 0 Å². The lowest BCUT2D eigenvalue weighted by atomic mass is 9.81. The monoisotopic (exact) mass is 367 g/mol. The third-order valence-electron chi connectivity index (χ3n) is 4.72. The zero-order chi connectivity index (χ0) is 19.2. The van der Waals surface area contributed by atoms with Crippen LogP contribution in [0.3, 0.4) is 0 Å². The van der Waals surface area contributed by atoms with Crippen LogP contribution in [-0.4, -0.2) is 27.9 Å². The van der Waals surface area contributed by atoms with Crippen molar-refractivity contribution in [3.05, 3.63) is 54.4 Å². The Kier molecular flexibility index (Phi) is 5.80. The molecule has 3 rings (SSSR count). The lowest BCUT2D eigenvalue weighted by molar-refractivity contribution is -0.143. The minimum Gasteiger partial charge on any atom is -0.481 e. The van der Waals surface area contributed by atoms with E-state index in [-0.39, 0.29) is 17.7 Å². The zero-order valence-electron chi connectivity index (χ0n) is 14.7. The average molecular weight is 367 g/mol. The molecule has 1 aromatic carbocycles. The molecule has 0 saturated heterocycles. The Morgan fingerprint density at radius 3 is 2.33 bits per heavy atom. The van der Waals surface area contributed by atoms with Crippen molar-refractivity contribution in [3.8, 4) is 0 Å². The minimum atomic E-state index is -0.840. The molecule has 0 aliphatic heterocycles. The lowest BCUT2D eigenvalue weighted by Crippen LogP contribution is -2.30. The zero-order valence-corrected chi connectivity index (χ0v) is 14.7. The Bertz CT molecular complexity index is 838. The number of nitrogens with zero attached hydrogens (tertiary/aromatic N) is 1. The molecule has 27 heavy (non-hydrogen) atoms. The number of pyridine rings is 1. The Morgan fingerprint density at radius 1 is 0.963 bits per heavy atom. The number of rotatable bonds is 5. The summed E-state index contributed by atoms with van der Waals surface area (Å²) in [6.07, 6.45) is 5.49. The van der Waals surface area contributed by atoms with Crippen LogP contribution in [0.1, 0.15) is 36.0 Å². The molecule has 1 aromatic heterocycles. The van der Waals surface area contributed by atoms with Crippen LogP contribution in [0.15, 0.2) is 48.8 Å². The molecule has 0 radical (unpaired) electrons. The van der Waals surface area contributed by atoms with Gasteiger partial charge in [0, 0.05) is 35.2 Å². The van der Waals surface area contributed by atoms with E-state index in [0.29, 0.717) is 36.2 Å². The van der Waals surface area contributed by atoms with Crippen LogP contribution in [0.4, 0.5) is 11.4 Å². The van der Waals surface area contributed by atoms with E-state index in [4.69, 9.17) is 5.11 Å². The lowest BCUT2D eigenvalue weighted by Gasteiger charge is -2.25. The molecule has 1 heterocycles. The number of aromatic nitrogens is 1. The molecule has 7 heteroatoms. The number of anilines is 2. The van der Waals surface area contributed by atoms with Gasteiger partial charge in [-0.15, -0.1) is 0 Å². The number of amides is 2. The van der Waals surface area contributed by atoms with E-state index in [0.717, 1.165) is 6.42 Å². The maximum atomic E-state index is 12.5. The van der Waals surface area contributed by atoms with Crippen molar-refractivity contribution in [2.24, 2.45) is 11.8 Å². The Balaban J connectivity index is 1.62. The minimum absolute atomic E-state index is 0.182. The summed E-state index contributed by atoms with van der Waals surface area (Å²) in [6.45, 7) is 0. The van der Waals surface area contributed by atoms with Crippen molar-refractivity contribution in [1.29, 1.82) is 0 Å². The van der Waals surface area contributed by atoms with E-state index >= 15 is 0 Å². The van der Waals surface area contributed by atoms with Gasteiger partial charge in [-0.05, 0) is 49.6 Å². The number of hydrogen-bond acceptors (Lipinski definition) is 4. The first kappa shape index (κ1) is 18.6. The number of carboxylic acid groups (broad SMARTS) is 1. The molecular formula is C20H21N3O4. The molecule has 1 aliphatic rings. The van der Waals surface area contributed by atoms with Gasteiger partial charge in [-0.3, -0.25) is 19.4 Å². The summed E-state index contributed by atoms with van der Waals surface area (Å²) in [7, 11) is 0. The number of benzene rings is 1. The van der Waals surface area contributed by atoms with Gasteiger partial charge in [0.05, 0.1) is 5.92 Å². The summed E-state index contributed by atoms with van der Waals surface area (Å²) in [5.41, 5.74) is 1.60. The van der Waals surface area contributed by atoms with Gasteiger partial charge >= 0.3 is 5.97 Å².